The smallest absolute Gasteiger partial charge is 0.233 e. The molecule has 2 aliphatic rings. The molecule has 5 rings (SSSR count). The van der Waals surface area contributed by atoms with Gasteiger partial charge in [-0.25, -0.2) is 0 Å². The number of fused-ring (bicyclic) bond motifs is 1. The molecule has 0 radical (unpaired) electrons. The Balaban J connectivity index is 1.58. The predicted octanol–water partition coefficient (Wildman–Crippen LogP) is 5.72. The van der Waals surface area contributed by atoms with Crippen LogP contribution in [0.15, 0.2) is 62.7 Å². The Morgan fingerprint density at radius 3 is 2.62 bits per heavy atom. The maximum Gasteiger partial charge on any atom is 0.233 e. The van der Waals surface area contributed by atoms with E-state index in [4.69, 9.17) is 14.0 Å². The SMILES string of the molecule is COc1ccc([C@H]2CC(=O)C3=C(C2)Nc2onc(C)c2[C@H]3c2cccc(Br)c2)cc1OC. The number of carbonyl (C=O) groups excluding carboxylic acids is 1. The third-order valence-corrected chi connectivity index (χ3v) is 6.81. The molecule has 0 fully saturated rings. The van der Waals surface area contributed by atoms with E-state index in [9.17, 15) is 4.79 Å². The maximum absolute atomic E-state index is 13.6. The van der Waals surface area contributed by atoms with E-state index in [1.54, 1.807) is 14.2 Å². The summed E-state index contributed by atoms with van der Waals surface area (Å²) in [6, 6.07) is 13.9. The number of nitrogens with zero attached hydrogens (tertiary/aromatic N) is 1. The highest BCUT2D eigenvalue weighted by Gasteiger charge is 2.41. The van der Waals surface area contributed by atoms with Crippen molar-refractivity contribution in [2.45, 2.75) is 31.6 Å². The summed E-state index contributed by atoms with van der Waals surface area (Å²) in [5.74, 6) is 1.91. The van der Waals surface area contributed by atoms with Gasteiger partial charge >= 0.3 is 0 Å². The first-order valence-corrected chi connectivity index (χ1v) is 11.3. The topological polar surface area (TPSA) is 73.6 Å². The number of rotatable bonds is 4. The van der Waals surface area contributed by atoms with Crippen molar-refractivity contribution in [3.63, 3.8) is 0 Å². The van der Waals surface area contributed by atoms with E-state index < -0.39 is 0 Å². The molecule has 0 unspecified atom stereocenters. The Bertz CT molecular complexity index is 1250. The van der Waals surface area contributed by atoms with Crippen LogP contribution in [0.5, 0.6) is 11.5 Å². The van der Waals surface area contributed by atoms with E-state index in [2.05, 4.69) is 38.5 Å². The Labute approximate surface area is 194 Å². The van der Waals surface area contributed by atoms with Crippen molar-refractivity contribution in [2.75, 3.05) is 19.5 Å². The number of hydrogen-bond donors (Lipinski definition) is 1. The number of carbonyl (C=O) groups is 1. The van der Waals surface area contributed by atoms with Crippen LogP contribution in [0.2, 0.25) is 0 Å². The molecule has 0 bridgehead atoms. The van der Waals surface area contributed by atoms with Gasteiger partial charge in [0.05, 0.1) is 25.5 Å². The summed E-state index contributed by atoms with van der Waals surface area (Å²) in [5.41, 5.74) is 5.51. The number of methoxy groups -OCH3 is 2. The minimum Gasteiger partial charge on any atom is -0.493 e. The van der Waals surface area contributed by atoms with Crippen molar-refractivity contribution in [3.05, 3.63) is 80.6 Å². The van der Waals surface area contributed by atoms with Gasteiger partial charge in [0.2, 0.25) is 5.88 Å². The Morgan fingerprint density at radius 1 is 1.06 bits per heavy atom. The second kappa shape index (κ2) is 8.13. The summed E-state index contributed by atoms with van der Waals surface area (Å²) in [6.45, 7) is 1.92. The molecule has 0 amide bonds. The number of allylic oxidation sites excluding steroid dienone is 2. The average Bonchev–Trinajstić information content (AvgIpc) is 3.17. The second-order valence-corrected chi connectivity index (χ2v) is 9.07. The van der Waals surface area contributed by atoms with Gasteiger partial charge in [-0.15, -0.1) is 0 Å². The highest BCUT2D eigenvalue weighted by molar-refractivity contribution is 9.10. The molecule has 164 valence electrons. The summed E-state index contributed by atoms with van der Waals surface area (Å²) in [5, 5.41) is 7.56. The Morgan fingerprint density at radius 2 is 1.88 bits per heavy atom. The number of hydrogen-bond acceptors (Lipinski definition) is 6. The van der Waals surface area contributed by atoms with Crippen LogP contribution < -0.4 is 14.8 Å². The molecule has 0 saturated heterocycles. The molecule has 1 aliphatic carbocycles. The lowest BCUT2D eigenvalue weighted by Crippen LogP contribution is -2.29. The molecule has 7 heteroatoms. The standard InChI is InChI=1S/C25H23BrN2O4/c1-13-22-23(15-5-4-6-17(26)9-15)24-18(27-25(22)32-28-13)10-16(11-19(24)29)14-7-8-20(30-2)21(12-14)31-3/h4-9,12,16,23,27H,10-11H2,1-3H3/t16-,23-/m1/s1. The highest BCUT2D eigenvalue weighted by atomic mass is 79.9. The third-order valence-electron chi connectivity index (χ3n) is 6.32. The molecule has 2 atom stereocenters. The molecule has 1 N–H and O–H groups in total. The molecule has 6 nitrogen and oxygen atoms in total. The quantitative estimate of drug-likeness (QED) is 0.499. The number of ether oxygens (including phenoxy) is 2. The number of aryl methyl sites for hydroxylation is 1. The van der Waals surface area contributed by atoms with Crippen LogP contribution in [0.1, 0.15) is 47.1 Å². The normalized spacial score (nSPS) is 19.8. The van der Waals surface area contributed by atoms with Crippen molar-refractivity contribution in [1.29, 1.82) is 0 Å². The monoisotopic (exact) mass is 494 g/mol. The van der Waals surface area contributed by atoms with Gasteiger partial charge in [0.15, 0.2) is 17.3 Å². The molecule has 1 aliphatic heterocycles. The number of anilines is 1. The molecular formula is C25H23BrN2O4. The van der Waals surface area contributed by atoms with Gasteiger partial charge in [0, 0.05) is 28.1 Å². The van der Waals surface area contributed by atoms with E-state index in [1.807, 2.05) is 37.3 Å². The van der Waals surface area contributed by atoms with Gasteiger partial charge in [-0.2, -0.15) is 0 Å². The Kier molecular flexibility index (Phi) is 5.29. The molecular weight excluding hydrogens is 472 g/mol. The predicted molar refractivity (Wildman–Crippen MR) is 124 cm³/mol. The molecule has 0 saturated carbocycles. The fourth-order valence-electron chi connectivity index (χ4n) is 4.83. The second-order valence-electron chi connectivity index (χ2n) is 8.16. The molecule has 2 heterocycles. The largest absolute Gasteiger partial charge is 0.493 e. The van der Waals surface area contributed by atoms with E-state index >= 15 is 0 Å². The van der Waals surface area contributed by atoms with Crippen LogP contribution in [-0.2, 0) is 4.79 Å². The maximum atomic E-state index is 13.6. The van der Waals surface area contributed by atoms with Crippen molar-refractivity contribution < 1.29 is 18.8 Å². The highest BCUT2D eigenvalue weighted by Crippen LogP contribution is 2.49. The lowest BCUT2D eigenvalue weighted by atomic mass is 9.72. The fraction of sp³-hybridized carbons (Fsp3) is 0.280. The van der Waals surface area contributed by atoms with E-state index in [1.165, 1.54) is 0 Å². The summed E-state index contributed by atoms with van der Waals surface area (Å²) in [4.78, 5) is 13.6. The summed E-state index contributed by atoms with van der Waals surface area (Å²) in [6.07, 6.45) is 1.13. The minimum absolute atomic E-state index is 0.0299. The fourth-order valence-corrected chi connectivity index (χ4v) is 5.25. The van der Waals surface area contributed by atoms with Crippen molar-refractivity contribution in [3.8, 4) is 11.5 Å². The van der Waals surface area contributed by atoms with Crippen LogP contribution in [0.3, 0.4) is 0 Å². The minimum atomic E-state index is -0.205. The number of aromatic nitrogens is 1. The van der Waals surface area contributed by atoms with Crippen molar-refractivity contribution >= 4 is 27.6 Å². The number of nitrogens with one attached hydrogen (secondary N) is 1. The van der Waals surface area contributed by atoms with Crippen LogP contribution >= 0.6 is 15.9 Å². The zero-order valence-electron chi connectivity index (χ0n) is 18.1. The first kappa shape index (κ1) is 20.8. The molecule has 3 aromatic rings. The number of ketones is 1. The summed E-state index contributed by atoms with van der Waals surface area (Å²) >= 11 is 3.57. The lowest BCUT2D eigenvalue weighted by molar-refractivity contribution is -0.116. The molecule has 0 spiro atoms. The first-order chi connectivity index (χ1) is 15.5. The molecule has 1 aromatic heterocycles. The first-order valence-electron chi connectivity index (χ1n) is 10.5. The van der Waals surface area contributed by atoms with Crippen LogP contribution in [0.4, 0.5) is 5.88 Å². The zero-order chi connectivity index (χ0) is 22.4. The number of halogens is 1. The lowest BCUT2D eigenvalue weighted by Gasteiger charge is -2.34. The Hall–Kier alpha value is -3.06. The van der Waals surface area contributed by atoms with Gasteiger partial charge < -0.3 is 19.3 Å². The number of benzene rings is 2. The summed E-state index contributed by atoms with van der Waals surface area (Å²) in [7, 11) is 3.23. The third kappa shape index (κ3) is 3.41. The summed E-state index contributed by atoms with van der Waals surface area (Å²) < 4.78 is 17.4. The number of Topliss-reactive ketones (excluding diaryl/α,β-unsaturated/α-hetero) is 1. The van der Waals surface area contributed by atoms with Gasteiger partial charge in [-0.05, 0) is 54.7 Å². The van der Waals surface area contributed by atoms with Gasteiger partial charge in [-0.3, -0.25) is 4.79 Å². The van der Waals surface area contributed by atoms with Crippen molar-refractivity contribution in [2.24, 2.45) is 0 Å². The van der Waals surface area contributed by atoms with Gasteiger partial charge in [0.1, 0.15) is 0 Å². The molecule has 2 aromatic carbocycles. The van der Waals surface area contributed by atoms with E-state index in [-0.39, 0.29) is 17.6 Å². The molecule has 32 heavy (non-hydrogen) atoms. The average molecular weight is 495 g/mol. The van der Waals surface area contributed by atoms with Gasteiger partial charge in [0.25, 0.3) is 0 Å². The van der Waals surface area contributed by atoms with Crippen LogP contribution in [-0.4, -0.2) is 25.2 Å². The van der Waals surface area contributed by atoms with E-state index in [0.717, 1.165) is 38.1 Å². The van der Waals surface area contributed by atoms with Crippen molar-refractivity contribution in [1.82, 2.24) is 5.16 Å². The zero-order valence-corrected chi connectivity index (χ0v) is 19.7. The van der Waals surface area contributed by atoms with E-state index in [0.29, 0.717) is 30.2 Å². The van der Waals surface area contributed by atoms with Crippen LogP contribution in [0, 0.1) is 6.92 Å². The van der Waals surface area contributed by atoms with Crippen LogP contribution in [0.25, 0.3) is 0 Å². The van der Waals surface area contributed by atoms with Gasteiger partial charge in [-0.1, -0.05) is 39.3 Å².